The first-order valence-corrected chi connectivity index (χ1v) is 8.18. The van der Waals surface area contributed by atoms with Gasteiger partial charge in [0.05, 0.1) is 6.20 Å². The zero-order valence-electron chi connectivity index (χ0n) is 13.7. The minimum atomic E-state index is -0.0781. The molecule has 0 saturated carbocycles. The molecule has 24 heavy (non-hydrogen) atoms. The minimum absolute atomic E-state index is 0.0634. The Balaban J connectivity index is 1.50. The van der Waals surface area contributed by atoms with E-state index < -0.39 is 0 Å². The van der Waals surface area contributed by atoms with Crippen LogP contribution in [0.25, 0.3) is 0 Å². The van der Waals surface area contributed by atoms with Crippen molar-refractivity contribution in [1.29, 1.82) is 0 Å². The summed E-state index contributed by atoms with van der Waals surface area (Å²) in [5, 5.41) is 6.36. The predicted octanol–water partition coefficient (Wildman–Crippen LogP) is 2.73. The maximum Gasteiger partial charge on any atom is 0.292 e. The second-order valence-corrected chi connectivity index (χ2v) is 6.19. The number of amides is 2. The van der Waals surface area contributed by atoms with Crippen LogP contribution in [0.1, 0.15) is 35.9 Å². The second kappa shape index (κ2) is 7.29. The molecule has 1 saturated heterocycles. The van der Waals surface area contributed by atoms with Crippen molar-refractivity contribution in [2.75, 3.05) is 18.4 Å². The summed E-state index contributed by atoms with van der Waals surface area (Å²) in [6.45, 7) is 2.99. The number of carbonyl (C=O) groups excluding carboxylic acids is 2. The summed E-state index contributed by atoms with van der Waals surface area (Å²) >= 11 is 0. The van der Waals surface area contributed by atoms with Crippen LogP contribution in [0.2, 0.25) is 0 Å². The Morgan fingerprint density at radius 2 is 1.92 bits per heavy atom. The third-order valence-corrected chi connectivity index (χ3v) is 4.35. The van der Waals surface area contributed by atoms with Crippen LogP contribution in [-0.2, 0) is 11.2 Å². The molecule has 1 aliphatic rings. The van der Waals surface area contributed by atoms with Gasteiger partial charge in [-0.3, -0.25) is 9.59 Å². The summed E-state index contributed by atoms with van der Waals surface area (Å²) in [6.07, 6.45) is 4.44. The lowest BCUT2D eigenvalue weighted by Crippen LogP contribution is -2.38. The van der Waals surface area contributed by atoms with Gasteiger partial charge >= 0.3 is 0 Å². The number of piperidine rings is 1. The van der Waals surface area contributed by atoms with Gasteiger partial charge < -0.3 is 14.7 Å². The molecule has 1 aliphatic heterocycles. The fourth-order valence-corrected chi connectivity index (χ4v) is 3.08. The number of hydrogen-bond acceptors (Lipinski definition) is 4. The highest BCUT2D eigenvalue weighted by Gasteiger charge is 2.25. The number of hydrogen-bond donors (Lipinski definition) is 1. The molecule has 1 N–H and O–H groups in total. The minimum Gasteiger partial charge on any atom is -0.351 e. The standard InChI is InChI=1S/C18H21N3O3/c1-13(22)20-16-4-2-14(3-5-16)12-15-7-10-21(11-8-15)18(23)17-6-9-19-24-17/h2-6,9,15H,7-8,10-12H2,1H3,(H,20,22). The lowest BCUT2D eigenvalue weighted by atomic mass is 9.90. The molecule has 2 amide bonds. The van der Waals surface area contributed by atoms with Gasteiger partial charge in [-0.15, -0.1) is 0 Å². The highest BCUT2D eigenvalue weighted by atomic mass is 16.5. The van der Waals surface area contributed by atoms with E-state index in [1.54, 1.807) is 6.07 Å². The van der Waals surface area contributed by atoms with E-state index in [-0.39, 0.29) is 11.8 Å². The summed E-state index contributed by atoms with van der Waals surface area (Å²) in [5.41, 5.74) is 2.07. The van der Waals surface area contributed by atoms with Crippen LogP contribution >= 0.6 is 0 Å². The van der Waals surface area contributed by atoms with Gasteiger partial charge in [-0.1, -0.05) is 17.3 Å². The van der Waals surface area contributed by atoms with Gasteiger partial charge in [0.15, 0.2) is 0 Å². The van der Waals surface area contributed by atoms with E-state index in [1.807, 2.05) is 17.0 Å². The fraction of sp³-hybridized carbons (Fsp3) is 0.389. The summed E-state index contributed by atoms with van der Waals surface area (Å²) < 4.78 is 4.94. The molecule has 0 unspecified atom stereocenters. The third-order valence-electron chi connectivity index (χ3n) is 4.35. The van der Waals surface area contributed by atoms with Crippen LogP contribution in [0.3, 0.4) is 0 Å². The molecular weight excluding hydrogens is 306 g/mol. The molecule has 6 nitrogen and oxygen atoms in total. The Bertz CT molecular complexity index is 687. The van der Waals surface area contributed by atoms with Gasteiger partial charge in [0.2, 0.25) is 11.7 Å². The van der Waals surface area contributed by atoms with Crippen LogP contribution in [0, 0.1) is 5.92 Å². The van der Waals surface area contributed by atoms with Crippen LogP contribution in [-0.4, -0.2) is 35.0 Å². The van der Waals surface area contributed by atoms with E-state index >= 15 is 0 Å². The molecule has 126 valence electrons. The number of carbonyl (C=O) groups is 2. The van der Waals surface area contributed by atoms with Crippen molar-refractivity contribution in [2.45, 2.75) is 26.2 Å². The summed E-state index contributed by atoms with van der Waals surface area (Å²) in [5.74, 6) is 0.731. The highest BCUT2D eigenvalue weighted by molar-refractivity contribution is 5.91. The van der Waals surface area contributed by atoms with Gasteiger partial charge in [0.25, 0.3) is 5.91 Å². The summed E-state index contributed by atoms with van der Waals surface area (Å²) in [4.78, 5) is 25.1. The Morgan fingerprint density at radius 1 is 1.21 bits per heavy atom. The molecule has 1 aromatic carbocycles. The number of anilines is 1. The molecule has 0 radical (unpaired) electrons. The molecule has 1 fully saturated rings. The van der Waals surface area contributed by atoms with E-state index in [4.69, 9.17) is 4.52 Å². The van der Waals surface area contributed by atoms with Gasteiger partial charge in [-0.2, -0.15) is 0 Å². The van der Waals surface area contributed by atoms with Crippen molar-refractivity contribution in [3.8, 4) is 0 Å². The van der Waals surface area contributed by atoms with Gasteiger partial charge in [-0.25, -0.2) is 0 Å². The van der Waals surface area contributed by atoms with Crippen molar-refractivity contribution in [1.82, 2.24) is 10.1 Å². The monoisotopic (exact) mass is 327 g/mol. The average Bonchev–Trinajstić information content (AvgIpc) is 3.11. The predicted molar refractivity (Wildman–Crippen MR) is 89.6 cm³/mol. The van der Waals surface area contributed by atoms with Gasteiger partial charge in [0, 0.05) is 31.8 Å². The van der Waals surface area contributed by atoms with Gasteiger partial charge in [-0.05, 0) is 42.9 Å². The smallest absolute Gasteiger partial charge is 0.292 e. The number of benzene rings is 1. The first-order chi connectivity index (χ1) is 11.6. The lowest BCUT2D eigenvalue weighted by molar-refractivity contribution is -0.114. The van der Waals surface area contributed by atoms with E-state index in [1.165, 1.54) is 18.7 Å². The van der Waals surface area contributed by atoms with Gasteiger partial charge in [0.1, 0.15) is 0 Å². The normalized spacial score (nSPS) is 15.3. The molecule has 0 spiro atoms. The molecule has 0 atom stereocenters. The first-order valence-electron chi connectivity index (χ1n) is 8.18. The van der Waals surface area contributed by atoms with Crippen molar-refractivity contribution >= 4 is 17.5 Å². The molecule has 1 aromatic heterocycles. The molecule has 6 heteroatoms. The van der Waals surface area contributed by atoms with Crippen LogP contribution in [0.4, 0.5) is 5.69 Å². The topological polar surface area (TPSA) is 75.4 Å². The molecule has 0 aliphatic carbocycles. The third kappa shape index (κ3) is 4.01. The van der Waals surface area contributed by atoms with Crippen LogP contribution in [0.5, 0.6) is 0 Å². The fourth-order valence-electron chi connectivity index (χ4n) is 3.08. The maximum atomic E-state index is 12.2. The number of nitrogens with one attached hydrogen (secondary N) is 1. The zero-order chi connectivity index (χ0) is 16.9. The molecular formula is C18H21N3O3. The Morgan fingerprint density at radius 3 is 2.50 bits per heavy atom. The van der Waals surface area contributed by atoms with Crippen LogP contribution in [0.15, 0.2) is 41.1 Å². The molecule has 2 aromatic rings. The second-order valence-electron chi connectivity index (χ2n) is 6.19. The van der Waals surface area contributed by atoms with Crippen molar-refractivity contribution in [3.05, 3.63) is 47.9 Å². The number of rotatable bonds is 4. The average molecular weight is 327 g/mol. The Kier molecular flexibility index (Phi) is 4.93. The molecule has 2 heterocycles. The van der Waals surface area contributed by atoms with Crippen molar-refractivity contribution in [2.24, 2.45) is 5.92 Å². The SMILES string of the molecule is CC(=O)Nc1ccc(CC2CCN(C(=O)c3ccno3)CC2)cc1. The zero-order valence-corrected chi connectivity index (χ0v) is 13.7. The number of likely N-dealkylation sites (tertiary alicyclic amines) is 1. The summed E-state index contributed by atoms with van der Waals surface area (Å²) in [7, 11) is 0. The number of aromatic nitrogens is 1. The first kappa shape index (κ1) is 16.2. The maximum absolute atomic E-state index is 12.2. The number of nitrogens with zero attached hydrogens (tertiary/aromatic N) is 2. The van der Waals surface area contributed by atoms with E-state index in [9.17, 15) is 9.59 Å². The molecule has 0 bridgehead atoms. The molecule has 3 rings (SSSR count). The van der Waals surface area contributed by atoms with E-state index in [0.717, 1.165) is 38.0 Å². The highest BCUT2D eigenvalue weighted by Crippen LogP contribution is 2.23. The quantitative estimate of drug-likeness (QED) is 0.937. The summed E-state index contributed by atoms with van der Waals surface area (Å²) in [6, 6.07) is 9.57. The Hall–Kier alpha value is -2.63. The van der Waals surface area contributed by atoms with Crippen molar-refractivity contribution in [3.63, 3.8) is 0 Å². The lowest BCUT2D eigenvalue weighted by Gasteiger charge is -2.31. The van der Waals surface area contributed by atoms with Crippen molar-refractivity contribution < 1.29 is 14.1 Å². The van der Waals surface area contributed by atoms with E-state index in [2.05, 4.69) is 22.6 Å². The Labute approximate surface area is 140 Å². The van der Waals surface area contributed by atoms with Crippen LogP contribution < -0.4 is 5.32 Å². The largest absolute Gasteiger partial charge is 0.351 e. The van der Waals surface area contributed by atoms with E-state index in [0.29, 0.717) is 11.7 Å².